The highest BCUT2D eigenvalue weighted by Crippen LogP contribution is 2.18. The number of anilines is 1. The molecule has 0 saturated carbocycles. The molecule has 2 fully saturated rings. The Balaban J connectivity index is 1.45. The minimum atomic E-state index is -0.372. The Kier molecular flexibility index (Phi) is 6.24. The molecule has 1 aromatic rings. The number of hydrogen-bond donors (Lipinski definition) is 2. The molecular formula is C19H28N4O3. The average molecular weight is 360 g/mol. The van der Waals surface area contributed by atoms with Gasteiger partial charge in [-0.15, -0.1) is 0 Å². The third-order valence-corrected chi connectivity index (χ3v) is 5.13. The maximum atomic E-state index is 12.5. The van der Waals surface area contributed by atoms with Gasteiger partial charge in [0.25, 0.3) is 5.91 Å². The molecule has 26 heavy (non-hydrogen) atoms. The van der Waals surface area contributed by atoms with Crippen LogP contribution in [0.4, 0.5) is 5.69 Å². The Morgan fingerprint density at radius 3 is 2.69 bits per heavy atom. The lowest BCUT2D eigenvalue weighted by Crippen LogP contribution is -2.55. The largest absolute Gasteiger partial charge is 0.366 e. The zero-order valence-corrected chi connectivity index (χ0v) is 15.6. The monoisotopic (exact) mass is 360 g/mol. The van der Waals surface area contributed by atoms with Crippen molar-refractivity contribution in [3.05, 3.63) is 29.3 Å². The van der Waals surface area contributed by atoms with Gasteiger partial charge in [0.15, 0.2) is 0 Å². The van der Waals surface area contributed by atoms with Crippen LogP contribution in [-0.4, -0.2) is 80.1 Å². The third kappa shape index (κ3) is 4.60. The van der Waals surface area contributed by atoms with Gasteiger partial charge in [0.1, 0.15) is 6.10 Å². The van der Waals surface area contributed by atoms with Crippen LogP contribution in [0, 0.1) is 13.8 Å². The molecule has 2 aliphatic heterocycles. The van der Waals surface area contributed by atoms with Gasteiger partial charge in [-0.2, -0.15) is 0 Å². The molecule has 7 nitrogen and oxygen atoms in total. The molecular weight excluding hydrogens is 332 g/mol. The van der Waals surface area contributed by atoms with Gasteiger partial charge in [-0.1, -0.05) is 12.1 Å². The summed E-state index contributed by atoms with van der Waals surface area (Å²) >= 11 is 0. The van der Waals surface area contributed by atoms with E-state index in [0.29, 0.717) is 45.9 Å². The molecule has 0 aromatic heterocycles. The number of morpholine rings is 1. The molecule has 142 valence electrons. The molecule has 2 amide bonds. The van der Waals surface area contributed by atoms with E-state index in [-0.39, 0.29) is 17.9 Å². The summed E-state index contributed by atoms with van der Waals surface area (Å²) in [7, 11) is 0. The number of aryl methyl sites for hydroxylation is 1. The van der Waals surface area contributed by atoms with Gasteiger partial charge in [0.2, 0.25) is 5.91 Å². The lowest BCUT2D eigenvalue weighted by molar-refractivity contribution is -0.147. The summed E-state index contributed by atoms with van der Waals surface area (Å²) in [6, 6.07) is 5.91. The fraction of sp³-hybridized carbons (Fsp3) is 0.579. The first-order valence-electron chi connectivity index (χ1n) is 9.24. The molecule has 2 heterocycles. The van der Waals surface area contributed by atoms with Crippen LogP contribution >= 0.6 is 0 Å². The normalized spacial score (nSPS) is 21.5. The van der Waals surface area contributed by atoms with E-state index in [4.69, 9.17) is 4.74 Å². The molecule has 0 aliphatic carbocycles. The van der Waals surface area contributed by atoms with Crippen LogP contribution in [0.3, 0.4) is 0 Å². The van der Waals surface area contributed by atoms with Crippen molar-refractivity contribution in [2.45, 2.75) is 20.0 Å². The number of carbonyl (C=O) groups is 2. The van der Waals surface area contributed by atoms with E-state index in [1.807, 2.05) is 36.9 Å². The number of nitrogens with one attached hydrogen (secondary N) is 2. The highest BCUT2D eigenvalue weighted by atomic mass is 16.5. The number of hydrogen-bond acceptors (Lipinski definition) is 5. The first-order chi connectivity index (χ1) is 12.5. The molecule has 7 heteroatoms. The SMILES string of the molecule is Cc1cccc(NC(=O)CN2CCN(C(=O)C3CNCCO3)CC2)c1C. The molecule has 3 rings (SSSR count). The molecule has 0 radical (unpaired) electrons. The number of rotatable bonds is 4. The van der Waals surface area contributed by atoms with Gasteiger partial charge in [-0.05, 0) is 31.0 Å². The summed E-state index contributed by atoms with van der Waals surface area (Å²) in [5, 5.41) is 6.18. The fourth-order valence-corrected chi connectivity index (χ4v) is 3.33. The highest BCUT2D eigenvalue weighted by molar-refractivity contribution is 5.93. The second kappa shape index (κ2) is 8.62. The van der Waals surface area contributed by atoms with Crippen LogP contribution in [0.2, 0.25) is 0 Å². The van der Waals surface area contributed by atoms with Gasteiger partial charge in [0, 0.05) is 45.0 Å². The van der Waals surface area contributed by atoms with Crippen LogP contribution in [0.25, 0.3) is 0 Å². The molecule has 2 saturated heterocycles. The van der Waals surface area contributed by atoms with Crippen molar-refractivity contribution in [3.8, 4) is 0 Å². The summed E-state index contributed by atoms with van der Waals surface area (Å²) in [6.45, 7) is 9.02. The minimum absolute atomic E-state index is 0.0155. The van der Waals surface area contributed by atoms with E-state index >= 15 is 0 Å². The van der Waals surface area contributed by atoms with Crippen LogP contribution in [0.5, 0.6) is 0 Å². The maximum Gasteiger partial charge on any atom is 0.253 e. The number of carbonyl (C=O) groups excluding carboxylic acids is 2. The fourth-order valence-electron chi connectivity index (χ4n) is 3.33. The van der Waals surface area contributed by atoms with Gasteiger partial charge in [0.05, 0.1) is 13.2 Å². The van der Waals surface area contributed by atoms with E-state index < -0.39 is 0 Å². The Morgan fingerprint density at radius 2 is 2.00 bits per heavy atom. The average Bonchev–Trinajstić information content (AvgIpc) is 2.66. The second-order valence-corrected chi connectivity index (χ2v) is 6.96. The van der Waals surface area contributed by atoms with Gasteiger partial charge >= 0.3 is 0 Å². The van der Waals surface area contributed by atoms with Gasteiger partial charge < -0.3 is 20.3 Å². The van der Waals surface area contributed by atoms with E-state index in [2.05, 4.69) is 15.5 Å². The summed E-state index contributed by atoms with van der Waals surface area (Å²) in [5.41, 5.74) is 3.12. The highest BCUT2D eigenvalue weighted by Gasteiger charge is 2.29. The van der Waals surface area contributed by atoms with E-state index in [0.717, 1.165) is 23.4 Å². The van der Waals surface area contributed by atoms with Crippen LogP contribution in [-0.2, 0) is 14.3 Å². The maximum absolute atomic E-state index is 12.5. The number of nitrogens with zero attached hydrogens (tertiary/aromatic N) is 2. The van der Waals surface area contributed by atoms with Crippen molar-refractivity contribution in [1.82, 2.24) is 15.1 Å². The van der Waals surface area contributed by atoms with Crippen molar-refractivity contribution in [2.24, 2.45) is 0 Å². The topological polar surface area (TPSA) is 73.9 Å². The Hall–Kier alpha value is -1.96. The predicted molar refractivity (Wildman–Crippen MR) is 100 cm³/mol. The predicted octanol–water partition coefficient (Wildman–Crippen LogP) is 0.375. The quantitative estimate of drug-likeness (QED) is 0.812. The first-order valence-corrected chi connectivity index (χ1v) is 9.24. The molecule has 0 bridgehead atoms. The first kappa shape index (κ1) is 18.8. The Morgan fingerprint density at radius 1 is 1.23 bits per heavy atom. The van der Waals surface area contributed by atoms with Crippen molar-refractivity contribution in [3.63, 3.8) is 0 Å². The van der Waals surface area contributed by atoms with Crippen LogP contribution < -0.4 is 10.6 Å². The van der Waals surface area contributed by atoms with Gasteiger partial charge in [-0.25, -0.2) is 0 Å². The van der Waals surface area contributed by atoms with E-state index in [1.165, 1.54) is 0 Å². The van der Waals surface area contributed by atoms with Crippen molar-refractivity contribution in [1.29, 1.82) is 0 Å². The Labute approximate surface area is 154 Å². The van der Waals surface area contributed by atoms with E-state index in [9.17, 15) is 9.59 Å². The van der Waals surface area contributed by atoms with E-state index in [1.54, 1.807) is 0 Å². The Bertz CT molecular complexity index is 650. The lowest BCUT2D eigenvalue weighted by Gasteiger charge is -2.36. The lowest BCUT2D eigenvalue weighted by atomic mass is 10.1. The molecule has 2 N–H and O–H groups in total. The van der Waals surface area contributed by atoms with Gasteiger partial charge in [-0.3, -0.25) is 14.5 Å². The van der Waals surface area contributed by atoms with Crippen molar-refractivity contribution < 1.29 is 14.3 Å². The zero-order chi connectivity index (χ0) is 18.5. The van der Waals surface area contributed by atoms with Crippen molar-refractivity contribution >= 4 is 17.5 Å². The molecule has 0 spiro atoms. The number of amides is 2. The summed E-state index contributed by atoms with van der Waals surface area (Å²) in [5.74, 6) is 0.0370. The van der Waals surface area contributed by atoms with Crippen LogP contribution in [0.1, 0.15) is 11.1 Å². The number of ether oxygens (including phenoxy) is 1. The third-order valence-electron chi connectivity index (χ3n) is 5.13. The van der Waals surface area contributed by atoms with Crippen molar-refractivity contribution in [2.75, 3.05) is 57.7 Å². The summed E-state index contributed by atoms with van der Waals surface area (Å²) in [6.07, 6.45) is -0.372. The minimum Gasteiger partial charge on any atom is -0.366 e. The molecule has 1 unspecified atom stereocenters. The van der Waals surface area contributed by atoms with Crippen LogP contribution in [0.15, 0.2) is 18.2 Å². The molecule has 1 atom stereocenters. The summed E-state index contributed by atoms with van der Waals surface area (Å²) < 4.78 is 5.54. The zero-order valence-electron chi connectivity index (χ0n) is 15.6. The standard InChI is InChI=1S/C19H28N4O3/c1-14-4-3-5-16(15(14)2)21-18(24)13-22-7-9-23(10-8-22)19(25)17-12-20-6-11-26-17/h3-5,17,20H,6-13H2,1-2H3,(H,21,24). The molecule has 2 aliphatic rings. The summed E-state index contributed by atoms with van der Waals surface area (Å²) in [4.78, 5) is 28.7. The molecule has 1 aromatic carbocycles. The number of benzene rings is 1. The second-order valence-electron chi connectivity index (χ2n) is 6.96. The smallest absolute Gasteiger partial charge is 0.253 e. The number of piperazine rings is 1.